The summed E-state index contributed by atoms with van der Waals surface area (Å²) in [4.78, 5) is 12.2. The summed E-state index contributed by atoms with van der Waals surface area (Å²) in [6, 6.07) is 18.5. The van der Waals surface area contributed by atoms with Crippen molar-refractivity contribution in [3.05, 3.63) is 93.9 Å². The average molecular weight is 365 g/mol. The summed E-state index contributed by atoms with van der Waals surface area (Å²) in [6.45, 7) is 2.42. The van der Waals surface area contributed by atoms with Crippen LogP contribution in [0.1, 0.15) is 22.9 Å². The predicted molar refractivity (Wildman–Crippen MR) is 104 cm³/mol. The van der Waals surface area contributed by atoms with Crippen LogP contribution in [0, 0.1) is 6.92 Å². The van der Waals surface area contributed by atoms with E-state index in [1.807, 2.05) is 66.1 Å². The SMILES string of the molecule is COc1ccccc1[C@@H](O)Cn1ccc(=O)c(OCc2ccccc2)c1C. The minimum Gasteiger partial charge on any atom is -0.496 e. The maximum absolute atomic E-state index is 12.2. The Kier molecular flexibility index (Phi) is 5.94. The van der Waals surface area contributed by atoms with Crippen LogP contribution in [0.5, 0.6) is 11.5 Å². The smallest absolute Gasteiger partial charge is 0.223 e. The quantitative estimate of drug-likeness (QED) is 0.696. The third kappa shape index (κ3) is 4.38. The van der Waals surface area contributed by atoms with Gasteiger partial charge in [-0.05, 0) is 18.6 Å². The number of methoxy groups -OCH3 is 1. The summed E-state index contributed by atoms with van der Waals surface area (Å²) in [5, 5.41) is 10.7. The van der Waals surface area contributed by atoms with Crippen LogP contribution in [0.25, 0.3) is 0 Å². The standard InChI is InChI=1S/C22H23NO4/c1-16-22(27-15-17-8-4-3-5-9-17)19(24)12-13-23(16)14-20(25)18-10-6-7-11-21(18)26-2/h3-13,20,25H,14-15H2,1-2H3/t20-/m0/s1. The number of ether oxygens (including phenoxy) is 2. The van der Waals surface area contributed by atoms with E-state index in [2.05, 4.69) is 0 Å². The molecule has 1 heterocycles. The van der Waals surface area contributed by atoms with Crippen molar-refractivity contribution in [2.24, 2.45) is 0 Å². The highest BCUT2D eigenvalue weighted by molar-refractivity contribution is 5.35. The van der Waals surface area contributed by atoms with Crippen LogP contribution in [-0.4, -0.2) is 16.8 Å². The minimum atomic E-state index is -0.774. The summed E-state index contributed by atoms with van der Waals surface area (Å²) >= 11 is 0. The maximum Gasteiger partial charge on any atom is 0.223 e. The maximum atomic E-state index is 12.2. The number of hydrogen-bond donors (Lipinski definition) is 1. The molecule has 0 radical (unpaired) electrons. The number of pyridine rings is 1. The number of benzene rings is 2. The molecule has 1 atom stereocenters. The van der Waals surface area contributed by atoms with Crippen LogP contribution < -0.4 is 14.9 Å². The van der Waals surface area contributed by atoms with E-state index < -0.39 is 6.10 Å². The molecule has 1 N–H and O–H groups in total. The van der Waals surface area contributed by atoms with Gasteiger partial charge in [0.2, 0.25) is 5.43 Å². The molecule has 0 bridgehead atoms. The Labute approximate surface area is 158 Å². The lowest BCUT2D eigenvalue weighted by Crippen LogP contribution is -2.18. The van der Waals surface area contributed by atoms with Gasteiger partial charge in [0.15, 0.2) is 5.75 Å². The van der Waals surface area contributed by atoms with Crippen molar-refractivity contribution in [2.75, 3.05) is 7.11 Å². The molecule has 27 heavy (non-hydrogen) atoms. The Morgan fingerprint density at radius 1 is 1.04 bits per heavy atom. The zero-order chi connectivity index (χ0) is 19.2. The second-order valence-electron chi connectivity index (χ2n) is 6.28. The van der Waals surface area contributed by atoms with Gasteiger partial charge in [0.1, 0.15) is 18.5 Å². The highest BCUT2D eigenvalue weighted by atomic mass is 16.5. The van der Waals surface area contributed by atoms with Gasteiger partial charge in [0.25, 0.3) is 0 Å². The molecule has 3 rings (SSSR count). The zero-order valence-electron chi connectivity index (χ0n) is 15.5. The van der Waals surface area contributed by atoms with E-state index in [0.29, 0.717) is 29.4 Å². The number of aliphatic hydroxyl groups is 1. The van der Waals surface area contributed by atoms with Gasteiger partial charge in [-0.2, -0.15) is 0 Å². The number of nitrogens with zero attached hydrogens (tertiary/aromatic N) is 1. The molecule has 2 aromatic carbocycles. The van der Waals surface area contributed by atoms with E-state index in [0.717, 1.165) is 5.56 Å². The number of aliphatic hydroxyl groups excluding tert-OH is 1. The van der Waals surface area contributed by atoms with E-state index in [1.165, 1.54) is 6.07 Å². The van der Waals surface area contributed by atoms with Crippen molar-refractivity contribution in [3.63, 3.8) is 0 Å². The minimum absolute atomic E-state index is 0.175. The zero-order valence-corrected chi connectivity index (χ0v) is 15.5. The molecule has 0 spiro atoms. The van der Waals surface area contributed by atoms with E-state index in [9.17, 15) is 9.90 Å². The van der Waals surface area contributed by atoms with Crippen molar-refractivity contribution in [2.45, 2.75) is 26.2 Å². The summed E-state index contributed by atoms with van der Waals surface area (Å²) in [5.41, 5.74) is 2.18. The lowest BCUT2D eigenvalue weighted by molar-refractivity contribution is 0.151. The summed E-state index contributed by atoms with van der Waals surface area (Å²) in [7, 11) is 1.58. The highest BCUT2D eigenvalue weighted by Gasteiger charge is 2.16. The van der Waals surface area contributed by atoms with Crippen molar-refractivity contribution in [1.82, 2.24) is 4.57 Å². The fourth-order valence-electron chi connectivity index (χ4n) is 2.98. The molecule has 0 amide bonds. The first-order valence-corrected chi connectivity index (χ1v) is 8.78. The third-order valence-corrected chi connectivity index (χ3v) is 4.48. The summed E-state index contributed by atoms with van der Waals surface area (Å²) < 4.78 is 12.9. The van der Waals surface area contributed by atoms with Crippen LogP contribution in [0.2, 0.25) is 0 Å². The monoisotopic (exact) mass is 365 g/mol. The largest absolute Gasteiger partial charge is 0.496 e. The molecule has 1 aromatic heterocycles. The van der Waals surface area contributed by atoms with Crippen molar-refractivity contribution >= 4 is 0 Å². The van der Waals surface area contributed by atoms with Gasteiger partial charge in [-0.1, -0.05) is 48.5 Å². The molecule has 140 valence electrons. The summed E-state index contributed by atoms with van der Waals surface area (Å²) in [5.74, 6) is 0.929. The van der Waals surface area contributed by atoms with Crippen LogP contribution in [0.15, 0.2) is 71.7 Å². The van der Waals surface area contributed by atoms with E-state index in [4.69, 9.17) is 9.47 Å². The van der Waals surface area contributed by atoms with Crippen molar-refractivity contribution < 1.29 is 14.6 Å². The number of hydrogen-bond acceptors (Lipinski definition) is 4. The molecular weight excluding hydrogens is 342 g/mol. The van der Waals surface area contributed by atoms with Gasteiger partial charge >= 0.3 is 0 Å². The molecule has 0 fully saturated rings. The molecule has 0 saturated carbocycles. The molecular formula is C22H23NO4. The number of rotatable bonds is 7. The van der Waals surface area contributed by atoms with Crippen molar-refractivity contribution in [1.29, 1.82) is 0 Å². The number of para-hydroxylation sites is 1. The van der Waals surface area contributed by atoms with Gasteiger partial charge in [0.05, 0.1) is 19.3 Å². The normalized spacial score (nSPS) is 11.8. The van der Waals surface area contributed by atoms with E-state index in [1.54, 1.807) is 13.3 Å². The summed E-state index contributed by atoms with van der Waals surface area (Å²) in [6.07, 6.45) is 0.899. The first-order valence-electron chi connectivity index (χ1n) is 8.78. The fourth-order valence-corrected chi connectivity index (χ4v) is 2.98. The van der Waals surface area contributed by atoms with Gasteiger partial charge in [-0.25, -0.2) is 0 Å². The Morgan fingerprint density at radius 2 is 1.74 bits per heavy atom. The third-order valence-electron chi connectivity index (χ3n) is 4.48. The Morgan fingerprint density at radius 3 is 2.48 bits per heavy atom. The van der Waals surface area contributed by atoms with Crippen LogP contribution >= 0.6 is 0 Å². The average Bonchev–Trinajstić information content (AvgIpc) is 2.70. The second-order valence-corrected chi connectivity index (χ2v) is 6.28. The van der Waals surface area contributed by atoms with Gasteiger partial charge in [-0.3, -0.25) is 4.79 Å². The van der Waals surface area contributed by atoms with E-state index >= 15 is 0 Å². The van der Waals surface area contributed by atoms with Gasteiger partial charge in [-0.15, -0.1) is 0 Å². The molecule has 0 unspecified atom stereocenters. The Bertz CT molecular complexity index is 950. The molecule has 3 aromatic rings. The lowest BCUT2D eigenvalue weighted by atomic mass is 10.1. The molecule has 5 heteroatoms. The topological polar surface area (TPSA) is 60.7 Å². The van der Waals surface area contributed by atoms with Crippen LogP contribution in [0.3, 0.4) is 0 Å². The highest BCUT2D eigenvalue weighted by Crippen LogP contribution is 2.26. The molecule has 0 aliphatic rings. The predicted octanol–water partition coefficient (Wildman–Crippen LogP) is 3.48. The van der Waals surface area contributed by atoms with Crippen LogP contribution in [-0.2, 0) is 13.2 Å². The molecule has 0 aliphatic carbocycles. The molecule has 5 nitrogen and oxygen atoms in total. The Balaban J connectivity index is 1.81. The van der Waals surface area contributed by atoms with Gasteiger partial charge in [0, 0.05) is 17.8 Å². The Hall–Kier alpha value is -3.05. The molecule has 0 saturated heterocycles. The van der Waals surface area contributed by atoms with Crippen molar-refractivity contribution in [3.8, 4) is 11.5 Å². The lowest BCUT2D eigenvalue weighted by Gasteiger charge is -2.19. The van der Waals surface area contributed by atoms with E-state index in [-0.39, 0.29) is 12.0 Å². The second kappa shape index (κ2) is 8.56. The number of aromatic nitrogens is 1. The fraction of sp³-hybridized carbons (Fsp3) is 0.227. The van der Waals surface area contributed by atoms with Gasteiger partial charge < -0.3 is 19.1 Å². The first kappa shape index (κ1) is 18.7. The first-order chi connectivity index (χ1) is 13.1. The molecule has 0 aliphatic heterocycles. The van der Waals surface area contributed by atoms with Crippen LogP contribution in [0.4, 0.5) is 0 Å².